The van der Waals surface area contributed by atoms with Crippen molar-refractivity contribution in [1.82, 2.24) is 4.90 Å². The SMILES string of the molecule is O=C(O)[C@H]1C[C@@H](O)CN1C(=O)C1Cc2ccccc2N1. The van der Waals surface area contributed by atoms with E-state index >= 15 is 0 Å². The van der Waals surface area contributed by atoms with Crippen LogP contribution in [-0.4, -0.2) is 51.7 Å². The Bertz CT molecular complexity index is 535. The molecule has 6 nitrogen and oxygen atoms in total. The summed E-state index contributed by atoms with van der Waals surface area (Å²) in [5.74, 6) is -1.32. The molecule has 2 aliphatic rings. The first-order valence-electron chi connectivity index (χ1n) is 6.62. The molecule has 1 amide bonds. The first-order valence-corrected chi connectivity index (χ1v) is 6.62. The number of benzene rings is 1. The average Bonchev–Trinajstić information content (AvgIpc) is 3.01. The molecule has 2 aliphatic heterocycles. The number of amides is 1. The van der Waals surface area contributed by atoms with E-state index < -0.39 is 24.2 Å². The van der Waals surface area contributed by atoms with Gasteiger partial charge in [-0.1, -0.05) is 18.2 Å². The second-order valence-electron chi connectivity index (χ2n) is 5.29. The number of carboxylic acids is 1. The highest BCUT2D eigenvalue weighted by Gasteiger charge is 2.42. The number of carboxylic acid groups (broad SMARTS) is 1. The minimum Gasteiger partial charge on any atom is -0.480 e. The van der Waals surface area contributed by atoms with E-state index in [1.165, 1.54) is 4.90 Å². The molecule has 1 unspecified atom stereocenters. The van der Waals surface area contributed by atoms with Gasteiger partial charge in [-0.3, -0.25) is 4.79 Å². The molecule has 0 aromatic heterocycles. The summed E-state index contributed by atoms with van der Waals surface area (Å²) in [5, 5.41) is 21.9. The molecule has 6 heteroatoms. The third-order valence-electron chi connectivity index (χ3n) is 3.92. The van der Waals surface area contributed by atoms with Gasteiger partial charge in [-0.25, -0.2) is 4.79 Å². The molecule has 1 fully saturated rings. The summed E-state index contributed by atoms with van der Waals surface area (Å²) in [6.07, 6.45) is -0.113. The van der Waals surface area contributed by atoms with E-state index in [9.17, 15) is 14.7 Å². The van der Waals surface area contributed by atoms with E-state index in [2.05, 4.69) is 5.32 Å². The van der Waals surface area contributed by atoms with Gasteiger partial charge in [-0.2, -0.15) is 0 Å². The summed E-state index contributed by atoms with van der Waals surface area (Å²) >= 11 is 0. The minimum absolute atomic E-state index is 0.0876. The predicted octanol–water partition coefficient (Wildman–Crippen LogP) is 0.0696. The molecule has 3 rings (SSSR count). The maximum absolute atomic E-state index is 12.5. The molecule has 0 saturated carbocycles. The van der Waals surface area contributed by atoms with Crippen molar-refractivity contribution in [2.24, 2.45) is 0 Å². The first kappa shape index (κ1) is 12.9. The Morgan fingerprint density at radius 3 is 2.75 bits per heavy atom. The zero-order chi connectivity index (χ0) is 14.3. The maximum atomic E-state index is 12.5. The molecule has 106 valence electrons. The highest BCUT2D eigenvalue weighted by atomic mass is 16.4. The van der Waals surface area contributed by atoms with Crippen molar-refractivity contribution in [1.29, 1.82) is 0 Å². The Morgan fingerprint density at radius 1 is 1.30 bits per heavy atom. The number of fused-ring (bicyclic) bond motifs is 1. The van der Waals surface area contributed by atoms with Crippen molar-refractivity contribution in [2.75, 3.05) is 11.9 Å². The van der Waals surface area contributed by atoms with Gasteiger partial charge in [0.25, 0.3) is 0 Å². The van der Waals surface area contributed by atoms with Gasteiger partial charge < -0.3 is 20.4 Å². The number of nitrogens with one attached hydrogen (secondary N) is 1. The molecule has 3 atom stereocenters. The number of β-amino-alcohol motifs (C(OH)–C–C–N with tert-alkyl or cyclic N) is 1. The molecule has 3 N–H and O–H groups in total. The van der Waals surface area contributed by atoms with Gasteiger partial charge in [-0.15, -0.1) is 0 Å². The number of nitrogens with zero attached hydrogens (tertiary/aromatic N) is 1. The van der Waals surface area contributed by atoms with E-state index in [4.69, 9.17) is 5.11 Å². The lowest BCUT2D eigenvalue weighted by molar-refractivity contribution is -0.148. The van der Waals surface area contributed by atoms with Crippen LogP contribution < -0.4 is 5.32 Å². The molecule has 2 heterocycles. The summed E-state index contributed by atoms with van der Waals surface area (Å²) in [5.41, 5.74) is 1.97. The maximum Gasteiger partial charge on any atom is 0.326 e. The second kappa shape index (κ2) is 4.79. The van der Waals surface area contributed by atoms with E-state index in [-0.39, 0.29) is 18.9 Å². The average molecular weight is 276 g/mol. The number of aliphatic carboxylic acids is 1. The predicted molar refractivity (Wildman–Crippen MR) is 71.3 cm³/mol. The number of para-hydroxylation sites is 1. The lowest BCUT2D eigenvalue weighted by atomic mass is 10.1. The lowest BCUT2D eigenvalue weighted by Crippen LogP contribution is -2.47. The minimum atomic E-state index is -1.06. The summed E-state index contributed by atoms with van der Waals surface area (Å²) in [6, 6.07) is 6.27. The highest BCUT2D eigenvalue weighted by Crippen LogP contribution is 2.28. The van der Waals surface area contributed by atoms with Crippen LogP contribution in [0.3, 0.4) is 0 Å². The molecule has 0 radical (unpaired) electrons. The summed E-state index contributed by atoms with van der Waals surface area (Å²) in [7, 11) is 0. The Morgan fingerprint density at radius 2 is 2.05 bits per heavy atom. The monoisotopic (exact) mass is 276 g/mol. The molecule has 0 spiro atoms. The summed E-state index contributed by atoms with van der Waals surface area (Å²) in [4.78, 5) is 24.9. The molecular weight excluding hydrogens is 260 g/mol. The van der Waals surface area contributed by atoms with E-state index in [0.29, 0.717) is 6.42 Å². The number of carbonyl (C=O) groups is 2. The topological polar surface area (TPSA) is 89.9 Å². The van der Waals surface area contributed by atoms with Gasteiger partial charge in [0.05, 0.1) is 6.10 Å². The Hall–Kier alpha value is -2.08. The molecule has 0 aliphatic carbocycles. The fourth-order valence-corrected chi connectivity index (χ4v) is 2.94. The smallest absolute Gasteiger partial charge is 0.326 e. The van der Waals surface area contributed by atoms with Crippen molar-refractivity contribution in [3.05, 3.63) is 29.8 Å². The van der Waals surface area contributed by atoms with Crippen molar-refractivity contribution in [2.45, 2.75) is 31.0 Å². The third kappa shape index (κ3) is 2.12. The van der Waals surface area contributed by atoms with Crippen LogP contribution in [0.2, 0.25) is 0 Å². The van der Waals surface area contributed by atoms with E-state index in [1.54, 1.807) is 0 Å². The van der Waals surface area contributed by atoms with Crippen molar-refractivity contribution >= 4 is 17.6 Å². The van der Waals surface area contributed by atoms with Gasteiger partial charge in [0, 0.05) is 25.1 Å². The zero-order valence-corrected chi connectivity index (χ0v) is 10.8. The number of likely N-dealkylation sites (tertiary alicyclic amines) is 1. The van der Waals surface area contributed by atoms with Gasteiger partial charge >= 0.3 is 5.97 Å². The number of hydrogen-bond donors (Lipinski definition) is 3. The quantitative estimate of drug-likeness (QED) is 0.711. The van der Waals surface area contributed by atoms with Crippen LogP contribution in [0.1, 0.15) is 12.0 Å². The van der Waals surface area contributed by atoms with Crippen LogP contribution in [0, 0.1) is 0 Å². The number of aliphatic hydroxyl groups is 1. The van der Waals surface area contributed by atoms with Gasteiger partial charge in [0.2, 0.25) is 5.91 Å². The fraction of sp³-hybridized carbons (Fsp3) is 0.429. The van der Waals surface area contributed by atoms with Crippen LogP contribution in [0.25, 0.3) is 0 Å². The Kier molecular flexibility index (Phi) is 3.10. The number of rotatable bonds is 2. The molecule has 1 aromatic rings. The van der Waals surface area contributed by atoms with E-state index in [1.807, 2.05) is 24.3 Å². The molecule has 1 saturated heterocycles. The summed E-state index contributed by atoms with van der Waals surface area (Å²) < 4.78 is 0. The van der Waals surface area contributed by atoms with Crippen LogP contribution in [0.15, 0.2) is 24.3 Å². The highest BCUT2D eigenvalue weighted by molar-refractivity contribution is 5.91. The van der Waals surface area contributed by atoms with Gasteiger partial charge in [-0.05, 0) is 11.6 Å². The first-order chi connectivity index (χ1) is 9.56. The number of hydrogen-bond acceptors (Lipinski definition) is 4. The summed E-state index contributed by atoms with van der Waals surface area (Å²) in [6.45, 7) is 0.0876. The fourth-order valence-electron chi connectivity index (χ4n) is 2.94. The van der Waals surface area contributed by atoms with Crippen molar-refractivity contribution in [3.8, 4) is 0 Å². The van der Waals surface area contributed by atoms with Gasteiger partial charge in [0.15, 0.2) is 0 Å². The normalized spacial score (nSPS) is 28.1. The van der Waals surface area contributed by atoms with Crippen LogP contribution in [-0.2, 0) is 16.0 Å². The van der Waals surface area contributed by atoms with Crippen LogP contribution >= 0.6 is 0 Å². The second-order valence-corrected chi connectivity index (χ2v) is 5.29. The molecule has 1 aromatic carbocycles. The molecule has 20 heavy (non-hydrogen) atoms. The standard InChI is InChI=1S/C14H16N2O4/c17-9-6-12(14(19)20)16(7-9)13(18)11-5-8-3-1-2-4-10(8)15-11/h1-4,9,11-12,15,17H,5-7H2,(H,19,20)/t9-,11?,12-/m1/s1. The van der Waals surface area contributed by atoms with Crippen molar-refractivity contribution in [3.63, 3.8) is 0 Å². The van der Waals surface area contributed by atoms with Crippen LogP contribution in [0.4, 0.5) is 5.69 Å². The zero-order valence-electron chi connectivity index (χ0n) is 10.8. The van der Waals surface area contributed by atoms with E-state index in [0.717, 1.165) is 11.3 Å². The molecule has 0 bridgehead atoms. The molecular formula is C14H16N2O4. The lowest BCUT2D eigenvalue weighted by Gasteiger charge is -2.24. The van der Waals surface area contributed by atoms with Gasteiger partial charge in [0.1, 0.15) is 12.1 Å². The number of anilines is 1. The third-order valence-corrected chi connectivity index (χ3v) is 3.92. The van der Waals surface area contributed by atoms with Crippen molar-refractivity contribution < 1.29 is 19.8 Å². The number of aliphatic hydroxyl groups excluding tert-OH is 1. The Balaban J connectivity index is 1.76. The Labute approximate surface area is 116 Å². The van der Waals surface area contributed by atoms with Crippen LogP contribution in [0.5, 0.6) is 0 Å². The largest absolute Gasteiger partial charge is 0.480 e. The number of carbonyl (C=O) groups excluding carboxylic acids is 1.